The first-order valence-corrected chi connectivity index (χ1v) is 4.97. The zero-order valence-electron chi connectivity index (χ0n) is 7.48. The summed E-state index contributed by atoms with van der Waals surface area (Å²) in [5.74, 6) is -0.838. The summed E-state index contributed by atoms with van der Waals surface area (Å²) in [6, 6.07) is 2.53. The fourth-order valence-electron chi connectivity index (χ4n) is 1.06. The van der Waals surface area contributed by atoms with Gasteiger partial charge in [-0.15, -0.1) is 0 Å². The summed E-state index contributed by atoms with van der Waals surface area (Å²) < 4.78 is 49.6. The van der Waals surface area contributed by atoms with Gasteiger partial charge in [-0.25, -0.2) is 4.39 Å². The molecule has 0 spiro atoms. The van der Waals surface area contributed by atoms with Crippen molar-refractivity contribution in [3.63, 3.8) is 0 Å². The molecule has 1 aromatic carbocycles. The highest BCUT2D eigenvalue weighted by atomic mass is 79.9. The molecule has 0 unspecified atom stereocenters. The number of alkyl halides is 3. The van der Waals surface area contributed by atoms with Gasteiger partial charge in [0.1, 0.15) is 5.82 Å². The fourth-order valence-corrected chi connectivity index (χ4v) is 1.25. The Morgan fingerprint density at radius 3 is 2.40 bits per heavy atom. The first-order chi connectivity index (χ1) is 6.95. The molecule has 0 saturated carbocycles. The average molecular weight is 283 g/mol. The average Bonchev–Trinajstić information content (AvgIpc) is 2.14. The molecule has 0 aromatic heterocycles. The summed E-state index contributed by atoms with van der Waals surface area (Å²) in [5.41, 5.74) is -0.731. The van der Waals surface area contributed by atoms with Gasteiger partial charge in [-0.1, -0.05) is 28.1 Å². The van der Waals surface area contributed by atoms with Gasteiger partial charge in [0.2, 0.25) is 0 Å². The van der Waals surface area contributed by atoms with Crippen molar-refractivity contribution in [3.8, 4) is 0 Å². The third kappa shape index (κ3) is 3.34. The van der Waals surface area contributed by atoms with Gasteiger partial charge in [0.15, 0.2) is 0 Å². The highest BCUT2D eigenvalue weighted by Crippen LogP contribution is 2.30. The maximum Gasteiger partial charge on any atom is 0.416 e. The van der Waals surface area contributed by atoms with Crippen LogP contribution in [0.15, 0.2) is 29.3 Å². The van der Waals surface area contributed by atoms with Crippen LogP contribution in [0.2, 0.25) is 0 Å². The summed E-state index contributed by atoms with van der Waals surface area (Å²) in [5, 5.41) is 0. The first kappa shape index (κ1) is 12.2. The lowest BCUT2D eigenvalue weighted by atomic mass is 10.1. The molecule has 0 saturated heterocycles. The number of hydrogen-bond acceptors (Lipinski definition) is 0. The minimum absolute atomic E-state index is 0.235. The number of hydrogen-bond donors (Lipinski definition) is 0. The van der Waals surface area contributed by atoms with Gasteiger partial charge in [0.05, 0.1) is 5.56 Å². The Balaban J connectivity index is 2.98. The summed E-state index contributed by atoms with van der Waals surface area (Å²) >= 11 is 2.99. The monoisotopic (exact) mass is 282 g/mol. The molecule has 0 aliphatic carbocycles. The highest BCUT2D eigenvalue weighted by molar-refractivity contribution is 9.11. The van der Waals surface area contributed by atoms with E-state index in [4.69, 9.17) is 0 Å². The Bertz CT molecular complexity index is 368. The number of allylic oxidation sites excluding steroid dienone is 1. The smallest absolute Gasteiger partial charge is 0.207 e. The van der Waals surface area contributed by atoms with Crippen LogP contribution in [-0.2, 0) is 12.6 Å². The Hall–Kier alpha value is -0.840. The zero-order chi connectivity index (χ0) is 11.5. The molecule has 1 aromatic rings. The zero-order valence-corrected chi connectivity index (χ0v) is 9.07. The third-order valence-electron chi connectivity index (χ3n) is 1.81. The van der Waals surface area contributed by atoms with E-state index in [1.165, 1.54) is 4.99 Å². The topological polar surface area (TPSA) is 0 Å². The number of benzene rings is 1. The SMILES string of the molecule is Fc1cc(C(F)(F)F)ccc1CC=CBr. The predicted octanol–water partition coefficient (Wildman–Crippen LogP) is 4.30. The maximum absolute atomic E-state index is 13.2. The minimum atomic E-state index is -4.50. The summed E-state index contributed by atoms with van der Waals surface area (Å²) in [6.45, 7) is 0. The second-order valence-corrected chi connectivity index (χ2v) is 3.40. The summed E-state index contributed by atoms with van der Waals surface area (Å²) in [7, 11) is 0. The summed E-state index contributed by atoms with van der Waals surface area (Å²) in [4.78, 5) is 1.53. The van der Waals surface area contributed by atoms with Gasteiger partial charge >= 0.3 is 6.18 Å². The lowest BCUT2D eigenvalue weighted by Gasteiger charge is -2.07. The van der Waals surface area contributed by atoms with Crippen LogP contribution in [0.25, 0.3) is 0 Å². The Morgan fingerprint density at radius 2 is 1.93 bits per heavy atom. The van der Waals surface area contributed by atoms with E-state index < -0.39 is 17.6 Å². The molecular weight excluding hydrogens is 276 g/mol. The molecule has 0 radical (unpaired) electrons. The fraction of sp³-hybridized carbons (Fsp3) is 0.200. The third-order valence-corrected chi connectivity index (χ3v) is 2.18. The van der Waals surface area contributed by atoms with Crippen LogP contribution < -0.4 is 0 Å². The Labute approximate surface area is 92.7 Å². The van der Waals surface area contributed by atoms with Crippen LogP contribution in [-0.4, -0.2) is 0 Å². The van der Waals surface area contributed by atoms with E-state index in [0.717, 1.165) is 12.1 Å². The molecule has 5 heteroatoms. The predicted molar refractivity (Wildman–Crippen MR) is 53.2 cm³/mol. The van der Waals surface area contributed by atoms with Crippen LogP contribution in [0.4, 0.5) is 17.6 Å². The Kier molecular flexibility index (Phi) is 3.90. The van der Waals surface area contributed by atoms with Crippen molar-refractivity contribution in [1.82, 2.24) is 0 Å². The molecule has 0 heterocycles. The van der Waals surface area contributed by atoms with Crippen molar-refractivity contribution in [2.75, 3.05) is 0 Å². The minimum Gasteiger partial charge on any atom is -0.207 e. The largest absolute Gasteiger partial charge is 0.416 e. The normalized spacial score (nSPS) is 12.3. The maximum atomic E-state index is 13.2. The lowest BCUT2D eigenvalue weighted by Crippen LogP contribution is -2.06. The molecule has 0 aliphatic rings. The molecule has 0 amide bonds. The quantitative estimate of drug-likeness (QED) is 0.710. The van der Waals surface area contributed by atoms with Crippen molar-refractivity contribution >= 4 is 15.9 Å². The van der Waals surface area contributed by atoms with Gasteiger partial charge in [-0.05, 0) is 29.1 Å². The van der Waals surface area contributed by atoms with E-state index >= 15 is 0 Å². The molecule has 0 aliphatic heterocycles. The second kappa shape index (κ2) is 4.79. The molecule has 0 fully saturated rings. The van der Waals surface area contributed by atoms with Crippen LogP contribution in [0.1, 0.15) is 11.1 Å². The molecular formula is C10H7BrF4. The number of halogens is 5. The van der Waals surface area contributed by atoms with Crippen LogP contribution in [0.5, 0.6) is 0 Å². The molecule has 82 valence electrons. The van der Waals surface area contributed by atoms with Crippen molar-refractivity contribution in [3.05, 3.63) is 46.2 Å². The number of rotatable bonds is 2. The first-order valence-electron chi connectivity index (χ1n) is 4.06. The van der Waals surface area contributed by atoms with E-state index in [0.29, 0.717) is 6.07 Å². The van der Waals surface area contributed by atoms with Crippen molar-refractivity contribution in [1.29, 1.82) is 0 Å². The molecule has 0 N–H and O–H groups in total. The van der Waals surface area contributed by atoms with Gasteiger partial charge in [0, 0.05) is 0 Å². The molecule has 0 bridgehead atoms. The molecule has 1 rings (SSSR count). The van der Waals surface area contributed by atoms with Crippen LogP contribution in [0, 0.1) is 5.82 Å². The lowest BCUT2D eigenvalue weighted by molar-refractivity contribution is -0.137. The molecule has 0 atom stereocenters. The van der Waals surface area contributed by atoms with Crippen molar-refractivity contribution < 1.29 is 17.6 Å². The van der Waals surface area contributed by atoms with E-state index in [-0.39, 0.29) is 12.0 Å². The van der Waals surface area contributed by atoms with Gasteiger partial charge in [0.25, 0.3) is 0 Å². The van der Waals surface area contributed by atoms with Crippen molar-refractivity contribution in [2.45, 2.75) is 12.6 Å². The van der Waals surface area contributed by atoms with Crippen molar-refractivity contribution in [2.24, 2.45) is 0 Å². The Morgan fingerprint density at radius 1 is 1.27 bits per heavy atom. The second-order valence-electron chi connectivity index (χ2n) is 2.87. The van der Waals surface area contributed by atoms with E-state index in [1.807, 2.05) is 0 Å². The van der Waals surface area contributed by atoms with Gasteiger partial charge in [-0.2, -0.15) is 13.2 Å². The highest BCUT2D eigenvalue weighted by Gasteiger charge is 2.30. The van der Waals surface area contributed by atoms with Gasteiger partial charge in [-0.3, -0.25) is 0 Å². The molecule has 15 heavy (non-hydrogen) atoms. The van der Waals surface area contributed by atoms with E-state index in [2.05, 4.69) is 15.9 Å². The molecule has 0 nitrogen and oxygen atoms in total. The van der Waals surface area contributed by atoms with Gasteiger partial charge < -0.3 is 0 Å². The van der Waals surface area contributed by atoms with E-state index in [9.17, 15) is 17.6 Å². The van der Waals surface area contributed by atoms with E-state index in [1.54, 1.807) is 6.08 Å². The van der Waals surface area contributed by atoms with Crippen LogP contribution >= 0.6 is 15.9 Å². The summed E-state index contributed by atoms with van der Waals surface area (Å²) in [6.07, 6.45) is -2.63. The van der Waals surface area contributed by atoms with Crippen LogP contribution in [0.3, 0.4) is 0 Å². The standard InChI is InChI=1S/C10H7BrF4/c11-5-1-2-7-3-4-8(6-9(7)12)10(13,14)15/h1,3-6H,2H2.